The maximum atomic E-state index is 12.2. The number of benzene rings is 1. The molecule has 1 fully saturated rings. The molecular formula is C20H29N5O. The minimum atomic E-state index is -0.176. The molecule has 26 heavy (non-hydrogen) atoms. The summed E-state index contributed by atoms with van der Waals surface area (Å²) in [4.78, 5) is 14.6. The summed E-state index contributed by atoms with van der Waals surface area (Å²) in [6, 6.07) is 10.2. The molecular weight excluding hydrogens is 326 g/mol. The Balaban J connectivity index is 1.55. The molecule has 2 amide bonds. The Hall–Kier alpha value is -2.34. The Bertz CT molecular complexity index is 719. The van der Waals surface area contributed by atoms with Gasteiger partial charge in [-0.25, -0.2) is 4.79 Å². The largest absolute Gasteiger partial charge is 0.338 e. The quantitative estimate of drug-likeness (QED) is 0.865. The molecule has 1 aliphatic rings. The van der Waals surface area contributed by atoms with Gasteiger partial charge in [0.25, 0.3) is 0 Å². The molecule has 2 heterocycles. The van der Waals surface area contributed by atoms with Crippen LogP contribution in [-0.2, 0) is 0 Å². The zero-order valence-electron chi connectivity index (χ0n) is 15.9. The second-order valence-corrected chi connectivity index (χ2v) is 7.31. The number of amides is 2. The van der Waals surface area contributed by atoms with Crippen LogP contribution in [0.2, 0.25) is 0 Å². The fourth-order valence-corrected chi connectivity index (χ4v) is 3.34. The van der Waals surface area contributed by atoms with Crippen molar-refractivity contribution in [2.75, 3.05) is 32.0 Å². The van der Waals surface area contributed by atoms with E-state index >= 15 is 0 Å². The van der Waals surface area contributed by atoms with Gasteiger partial charge < -0.3 is 10.2 Å². The summed E-state index contributed by atoms with van der Waals surface area (Å²) in [6.45, 7) is 7.00. The molecule has 0 aliphatic carbocycles. The van der Waals surface area contributed by atoms with E-state index in [0.717, 1.165) is 38.0 Å². The average Bonchev–Trinajstić information content (AvgIpc) is 3.02. The number of anilines is 1. The van der Waals surface area contributed by atoms with Gasteiger partial charge >= 0.3 is 6.03 Å². The number of aromatic nitrogens is 2. The van der Waals surface area contributed by atoms with Gasteiger partial charge in [0.05, 0.1) is 6.04 Å². The normalized spacial score (nSPS) is 17.0. The van der Waals surface area contributed by atoms with Crippen molar-refractivity contribution in [2.24, 2.45) is 5.92 Å². The van der Waals surface area contributed by atoms with Gasteiger partial charge in [-0.15, -0.1) is 0 Å². The molecule has 1 aromatic heterocycles. The molecule has 1 atom stereocenters. The SMILES string of the molecule is Cc1cn(C(C)c2ccccc2)nc1NC(=O)NCC1CCN(C)CC1. The summed E-state index contributed by atoms with van der Waals surface area (Å²) in [7, 11) is 2.14. The third kappa shape index (κ3) is 4.64. The fourth-order valence-electron chi connectivity index (χ4n) is 3.34. The Labute approximate surface area is 155 Å². The molecule has 0 bridgehead atoms. The van der Waals surface area contributed by atoms with Crippen LogP contribution in [0.5, 0.6) is 0 Å². The first-order valence-corrected chi connectivity index (χ1v) is 9.37. The number of hydrogen-bond acceptors (Lipinski definition) is 3. The number of piperidine rings is 1. The van der Waals surface area contributed by atoms with E-state index in [1.54, 1.807) is 0 Å². The van der Waals surface area contributed by atoms with E-state index in [4.69, 9.17) is 0 Å². The zero-order chi connectivity index (χ0) is 18.5. The van der Waals surface area contributed by atoms with Gasteiger partial charge in [-0.2, -0.15) is 5.10 Å². The summed E-state index contributed by atoms with van der Waals surface area (Å²) >= 11 is 0. The van der Waals surface area contributed by atoms with Crippen LogP contribution in [0.4, 0.5) is 10.6 Å². The Morgan fingerprint density at radius 3 is 2.65 bits per heavy atom. The number of hydrogen-bond donors (Lipinski definition) is 2. The topological polar surface area (TPSA) is 62.2 Å². The highest BCUT2D eigenvalue weighted by atomic mass is 16.2. The highest BCUT2D eigenvalue weighted by Crippen LogP contribution is 2.21. The lowest BCUT2D eigenvalue weighted by Gasteiger charge is -2.28. The Morgan fingerprint density at radius 1 is 1.27 bits per heavy atom. The highest BCUT2D eigenvalue weighted by Gasteiger charge is 2.18. The smallest absolute Gasteiger partial charge is 0.320 e. The maximum Gasteiger partial charge on any atom is 0.320 e. The first kappa shape index (κ1) is 18.5. The number of carbonyl (C=O) groups is 1. The standard InChI is InChI=1S/C20H29N5O/c1-15-14-25(16(2)18-7-5-4-6-8-18)23-19(15)22-20(26)21-13-17-9-11-24(3)12-10-17/h4-8,14,16-17H,9-13H2,1-3H3,(H2,21,22,23,26). The van der Waals surface area contributed by atoms with Crippen LogP contribution >= 0.6 is 0 Å². The molecule has 1 aliphatic heterocycles. The minimum absolute atomic E-state index is 0.118. The number of urea groups is 1. The zero-order valence-corrected chi connectivity index (χ0v) is 15.9. The highest BCUT2D eigenvalue weighted by molar-refractivity contribution is 5.88. The average molecular weight is 355 g/mol. The van der Waals surface area contributed by atoms with Crippen molar-refractivity contribution in [1.29, 1.82) is 0 Å². The lowest BCUT2D eigenvalue weighted by molar-refractivity contribution is 0.213. The van der Waals surface area contributed by atoms with Crippen molar-refractivity contribution in [1.82, 2.24) is 20.0 Å². The lowest BCUT2D eigenvalue weighted by atomic mass is 9.97. The van der Waals surface area contributed by atoms with Crippen molar-refractivity contribution in [3.05, 3.63) is 47.7 Å². The van der Waals surface area contributed by atoms with Gasteiger partial charge in [0.15, 0.2) is 5.82 Å². The number of nitrogens with one attached hydrogen (secondary N) is 2. The van der Waals surface area contributed by atoms with Gasteiger partial charge in [-0.3, -0.25) is 10.00 Å². The van der Waals surface area contributed by atoms with Crippen molar-refractivity contribution in [3.8, 4) is 0 Å². The summed E-state index contributed by atoms with van der Waals surface area (Å²) in [5.74, 6) is 1.18. The van der Waals surface area contributed by atoms with E-state index in [-0.39, 0.29) is 12.1 Å². The number of aryl methyl sites for hydroxylation is 1. The number of nitrogens with zero attached hydrogens (tertiary/aromatic N) is 3. The molecule has 140 valence electrons. The van der Waals surface area contributed by atoms with E-state index in [1.165, 1.54) is 5.56 Å². The second kappa shape index (κ2) is 8.36. The van der Waals surface area contributed by atoms with Crippen molar-refractivity contribution in [2.45, 2.75) is 32.7 Å². The van der Waals surface area contributed by atoms with Crippen LogP contribution in [0, 0.1) is 12.8 Å². The van der Waals surface area contributed by atoms with Crippen LogP contribution in [-0.4, -0.2) is 47.4 Å². The molecule has 1 unspecified atom stereocenters. The first-order valence-electron chi connectivity index (χ1n) is 9.37. The van der Waals surface area contributed by atoms with Crippen molar-refractivity contribution in [3.63, 3.8) is 0 Å². The van der Waals surface area contributed by atoms with Crippen LogP contribution in [0.3, 0.4) is 0 Å². The van der Waals surface area contributed by atoms with Gasteiger partial charge in [0.1, 0.15) is 0 Å². The summed E-state index contributed by atoms with van der Waals surface area (Å²) < 4.78 is 1.90. The van der Waals surface area contributed by atoms with E-state index < -0.39 is 0 Å². The van der Waals surface area contributed by atoms with Gasteiger partial charge in [-0.05, 0) is 58.3 Å². The molecule has 1 saturated heterocycles. The monoisotopic (exact) mass is 355 g/mol. The second-order valence-electron chi connectivity index (χ2n) is 7.31. The number of carbonyl (C=O) groups excluding carboxylic acids is 1. The van der Waals surface area contributed by atoms with E-state index in [1.807, 2.05) is 36.0 Å². The molecule has 2 N–H and O–H groups in total. The van der Waals surface area contributed by atoms with Crippen LogP contribution in [0.15, 0.2) is 36.5 Å². The predicted octanol–water partition coefficient (Wildman–Crippen LogP) is 3.26. The van der Waals surface area contributed by atoms with E-state index in [0.29, 0.717) is 11.7 Å². The van der Waals surface area contributed by atoms with Crippen LogP contribution in [0.1, 0.15) is 36.9 Å². The van der Waals surface area contributed by atoms with Crippen molar-refractivity contribution >= 4 is 11.8 Å². The summed E-state index contributed by atoms with van der Waals surface area (Å²) in [5.41, 5.74) is 2.15. The molecule has 6 nitrogen and oxygen atoms in total. The molecule has 2 aromatic rings. The van der Waals surface area contributed by atoms with Gasteiger partial charge in [-0.1, -0.05) is 30.3 Å². The predicted molar refractivity (Wildman–Crippen MR) is 104 cm³/mol. The van der Waals surface area contributed by atoms with Gasteiger partial charge in [0.2, 0.25) is 0 Å². The van der Waals surface area contributed by atoms with Crippen LogP contribution < -0.4 is 10.6 Å². The Morgan fingerprint density at radius 2 is 1.96 bits per heavy atom. The van der Waals surface area contributed by atoms with Crippen molar-refractivity contribution < 1.29 is 4.79 Å². The summed E-state index contributed by atoms with van der Waals surface area (Å²) in [5, 5.41) is 10.5. The molecule has 6 heteroatoms. The first-order chi connectivity index (χ1) is 12.5. The molecule has 0 spiro atoms. The lowest BCUT2D eigenvalue weighted by Crippen LogP contribution is -2.38. The minimum Gasteiger partial charge on any atom is -0.338 e. The molecule has 0 saturated carbocycles. The number of likely N-dealkylation sites (tertiary alicyclic amines) is 1. The molecule has 0 radical (unpaired) electrons. The maximum absolute atomic E-state index is 12.2. The third-order valence-corrected chi connectivity index (χ3v) is 5.22. The summed E-state index contributed by atoms with van der Waals surface area (Å²) in [6.07, 6.45) is 4.25. The molecule has 3 rings (SSSR count). The molecule has 1 aromatic carbocycles. The Kier molecular flexibility index (Phi) is 5.93. The van der Waals surface area contributed by atoms with Crippen LogP contribution in [0.25, 0.3) is 0 Å². The third-order valence-electron chi connectivity index (χ3n) is 5.22. The fraction of sp³-hybridized carbons (Fsp3) is 0.500. The number of rotatable bonds is 5. The van der Waals surface area contributed by atoms with Gasteiger partial charge in [0, 0.05) is 18.3 Å². The van der Waals surface area contributed by atoms with E-state index in [9.17, 15) is 4.79 Å². The van der Waals surface area contributed by atoms with E-state index in [2.05, 4.69) is 46.7 Å².